The summed E-state index contributed by atoms with van der Waals surface area (Å²) in [6.45, 7) is 0.701. The smallest absolute Gasteiger partial charge is 0.305 e. The number of hydrogen-bond acceptors (Lipinski definition) is 4. The van der Waals surface area contributed by atoms with Crippen LogP contribution >= 0.6 is 95.6 Å². The largest absolute Gasteiger partial charge is 0.465 e. The Morgan fingerprint density at radius 3 is 1.08 bits per heavy atom. The van der Waals surface area contributed by atoms with Crippen LogP contribution in [0.2, 0.25) is 0 Å². The van der Waals surface area contributed by atoms with Crippen molar-refractivity contribution in [3.05, 3.63) is 0 Å². The molecule has 0 aliphatic carbocycles. The third kappa shape index (κ3) is 10.6. The molecule has 0 spiro atoms. The van der Waals surface area contributed by atoms with Gasteiger partial charge in [-0.15, -0.1) is 0 Å². The fourth-order valence-corrected chi connectivity index (χ4v) is 8.14. The Labute approximate surface area is 206 Å². The van der Waals surface area contributed by atoms with Gasteiger partial charge in [0.25, 0.3) is 0 Å². The van der Waals surface area contributed by atoms with E-state index in [0.29, 0.717) is 38.9 Å². The molecule has 10 heteroatoms. The maximum atomic E-state index is 11.9. The van der Waals surface area contributed by atoms with E-state index in [1.807, 2.05) is 0 Å². The summed E-state index contributed by atoms with van der Waals surface area (Å²) in [6, 6.07) is 0. The average Bonchev–Trinajstić information content (AvgIpc) is 2.68. The number of alkyl halides is 6. The van der Waals surface area contributed by atoms with E-state index in [-0.39, 0.29) is 22.8 Å². The van der Waals surface area contributed by atoms with E-state index in [1.165, 1.54) is 0 Å². The predicted octanol–water partition coefficient (Wildman–Crippen LogP) is 5.98. The van der Waals surface area contributed by atoms with Crippen LogP contribution in [0.1, 0.15) is 25.7 Å². The number of hydrogen-bond donors (Lipinski definition) is 0. The van der Waals surface area contributed by atoms with Crippen LogP contribution in [0.3, 0.4) is 0 Å². The number of ether oxygens (including phenoxy) is 2. The molecule has 0 aromatic carbocycles. The van der Waals surface area contributed by atoms with Crippen molar-refractivity contribution < 1.29 is 19.1 Å². The summed E-state index contributed by atoms with van der Waals surface area (Å²) in [4.78, 5) is 23.7. The number of unbranched alkanes of at least 4 members (excludes halogenated alkanes) is 1. The Morgan fingerprint density at radius 2 is 0.846 bits per heavy atom. The van der Waals surface area contributed by atoms with Crippen LogP contribution in [-0.4, -0.2) is 57.1 Å². The van der Waals surface area contributed by atoms with Crippen LogP contribution in [0.4, 0.5) is 0 Å². The Kier molecular flexibility index (Phi) is 16.7. The Bertz CT molecular complexity index is 359. The van der Waals surface area contributed by atoms with Crippen LogP contribution in [0.25, 0.3) is 0 Å². The lowest BCUT2D eigenvalue weighted by atomic mass is 9.98. The minimum absolute atomic E-state index is 0.147. The van der Waals surface area contributed by atoms with Crippen molar-refractivity contribution in [2.75, 3.05) is 45.2 Å². The normalized spacial score (nSPS) is 12.1. The summed E-state index contributed by atoms with van der Waals surface area (Å²) >= 11 is 20.7. The third-order valence-corrected chi connectivity index (χ3v) is 10.9. The van der Waals surface area contributed by atoms with Crippen molar-refractivity contribution in [3.63, 3.8) is 0 Å². The molecule has 0 fully saturated rings. The average molecular weight is 760 g/mol. The van der Waals surface area contributed by atoms with Crippen molar-refractivity contribution in [2.24, 2.45) is 10.8 Å². The molecule has 0 aromatic rings. The van der Waals surface area contributed by atoms with E-state index < -0.39 is 0 Å². The first-order valence-electron chi connectivity index (χ1n) is 8.03. The first kappa shape index (κ1) is 27.8. The summed E-state index contributed by atoms with van der Waals surface area (Å²) in [6.07, 6.45) is 1.84. The van der Waals surface area contributed by atoms with Crippen molar-refractivity contribution >= 4 is 108 Å². The number of rotatable bonds is 15. The Morgan fingerprint density at radius 1 is 0.577 bits per heavy atom. The summed E-state index contributed by atoms with van der Waals surface area (Å²) < 4.78 is 10.7. The lowest BCUT2D eigenvalue weighted by Crippen LogP contribution is -2.33. The third-order valence-electron chi connectivity index (χ3n) is 3.79. The van der Waals surface area contributed by atoms with Gasteiger partial charge in [-0.05, 0) is 12.8 Å². The van der Waals surface area contributed by atoms with E-state index in [4.69, 9.17) is 9.47 Å². The molecule has 0 radical (unpaired) electrons. The van der Waals surface area contributed by atoms with Gasteiger partial charge in [-0.2, -0.15) is 0 Å². The van der Waals surface area contributed by atoms with Crippen molar-refractivity contribution in [1.29, 1.82) is 0 Å². The lowest BCUT2D eigenvalue weighted by Gasteiger charge is -2.27. The van der Waals surface area contributed by atoms with Gasteiger partial charge in [0.05, 0.1) is 13.2 Å². The molecule has 0 unspecified atom stereocenters. The van der Waals surface area contributed by atoms with Gasteiger partial charge in [0.2, 0.25) is 0 Å². The van der Waals surface area contributed by atoms with E-state index in [2.05, 4.69) is 95.6 Å². The van der Waals surface area contributed by atoms with Crippen LogP contribution < -0.4 is 0 Å². The van der Waals surface area contributed by atoms with Gasteiger partial charge in [0.15, 0.2) is 0 Å². The molecule has 0 N–H and O–H groups in total. The fourth-order valence-electron chi connectivity index (χ4n) is 1.60. The monoisotopic (exact) mass is 754 g/mol. The van der Waals surface area contributed by atoms with E-state index in [0.717, 1.165) is 32.0 Å². The number of halogens is 6. The zero-order valence-corrected chi connectivity index (χ0v) is 23.9. The van der Waals surface area contributed by atoms with Gasteiger partial charge in [0.1, 0.15) is 0 Å². The number of esters is 2. The lowest BCUT2D eigenvalue weighted by molar-refractivity contribution is -0.148. The molecule has 26 heavy (non-hydrogen) atoms. The van der Waals surface area contributed by atoms with Gasteiger partial charge in [0, 0.05) is 55.7 Å². The maximum absolute atomic E-state index is 11.9. The Balaban J connectivity index is 4.01. The van der Waals surface area contributed by atoms with Gasteiger partial charge >= 0.3 is 11.9 Å². The first-order valence-corrected chi connectivity index (χ1v) is 14.8. The molecule has 0 bridgehead atoms. The molecule has 0 aromatic heterocycles. The highest BCUT2D eigenvalue weighted by atomic mass is 79.9. The highest BCUT2D eigenvalue weighted by molar-refractivity contribution is 9.10. The molecular formula is C16H24Br6O4. The van der Waals surface area contributed by atoms with E-state index in [1.54, 1.807) is 0 Å². The standard InChI is InChI=1S/C16H24Br6O4/c17-5-15(6-18,7-19)11-25-13(23)3-1-2-4-14(24)26-12-16(8-20,9-21)10-22/h1-12H2. The zero-order chi connectivity index (χ0) is 20.1. The summed E-state index contributed by atoms with van der Waals surface area (Å²) in [5.41, 5.74) is -0.293. The second-order valence-electron chi connectivity index (χ2n) is 6.33. The molecule has 0 aliphatic rings. The van der Waals surface area contributed by atoms with Crippen LogP contribution in [0, 0.1) is 10.8 Å². The molecular weight excluding hydrogens is 736 g/mol. The minimum atomic E-state index is -0.234. The van der Waals surface area contributed by atoms with Crippen LogP contribution in [0.15, 0.2) is 0 Å². The molecule has 0 heterocycles. The molecule has 0 atom stereocenters. The minimum Gasteiger partial charge on any atom is -0.465 e. The summed E-state index contributed by atoms with van der Waals surface area (Å²) in [5, 5.41) is 4.38. The van der Waals surface area contributed by atoms with Gasteiger partial charge < -0.3 is 9.47 Å². The SMILES string of the molecule is O=C(CCCCC(=O)OCC(CBr)(CBr)CBr)OCC(CBr)(CBr)CBr. The van der Waals surface area contributed by atoms with Crippen LogP contribution in [-0.2, 0) is 19.1 Å². The molecule has 0 saturated carbocycles. The van der Waals surface area contributed by atoms with Gasteiger partial charge in [-0.25, -0.2) is 0 Å². The predicted molar refractivity (Wildman–Crippen MR) is 128 cm³/mol. The first-order chi connectivity index (χ1) is 12.4. The molecule has 4 nitrogen and oxygen atoms in total. The summed E-state index contributed by atoms with van der Waals surface area (Å²) in [7, 11) is 0. The Hall–Kier alpha value is 1.82. The van der Waals surface area contributed by atoms with Gasteiger partial charge in [-0.1, -0.05) is 95.6 Å². The molecule has 154 valence electrons. The molecule has 0 saturated heterocycles. The highest BCUT2D eigenvalue weighted by Gasteiger charge is 2.29. The second kappa shape index (κ2) is 15.6. The number of carbonyl (C=O) groups excluding carboxylic acids is 2. The topological polar surface area (TPSA) is 52.6 Å². The zero-order valence-electron chi connectivity index (χ0n) is 14.4. The second-order valence-corrected chi connectivity index (χ2v) is 9.69. The molecule has 0 amide bonds. The van der Waals surface area contributed by atoms with Crippen molar-refractivity contribution in [3.8, 4) is 0 Å². The molecule has 0 rings (SSSR count). The van der Waals surface area contributed by atoms with Crippen molar-refractivity contribution in [1.82, 2.24) is 0 Å². The van der Waals surface area contributed by atoms with E-state index in [9.17, 15) is 9.59 Å². The number of carbonyl (C=O) groups is 2. The van der Waals surface area contributed by atoms with E-state index >= 15 is 0 Å². The van der Waals surface area contributed by atoms with Crippen LogP contribution in [0.5, 0.6) is 0 Å². The van der Waals surface area contributed by atoms with Crippen molar-refractivity contribution in [2.45, 2.75) is 25.7 Å². The quantitative estimate of drug-likeness (QED) is 0.117. The summed E-state index contributed by atoms with van der Waals surface area (Å²) in [5.74, 6) is -0.468. The highest BCUT2D eigenvalue weighted by Crippen LogP contribution is 2.27. The van der Waals surface area contributed by atoms with Gasteiger partial charge in [-0.3, -0.25) is 9.59 Å². The fraction of sp³-hybridized carbons (Fsp3) is 0.875. The molecule has 0 aliphatic heterocycles. The maximum Gasteiger partial charge on any atom is 0.305 e.